The van der Waals surface area contributed by atoms with Crippen molar-refractivity contribution < 1.29 is 4.74 Å². The maximum absolute atomic E-state index is 6.53. The van der Waals surface area contributed by atoms with Crippen molar-refractivity contribution in [3.05, 3.63) is 46.2 Å². The van der Waals surface area contributed by atoms with E-state index in [0.717, 1.165) is 45.3 Å². The fraction of sp³-hybridized carbons (Fsp3) is 0.368. The summed E-state index contributed by atoms with van der Waals surface area (Å²) >= 11 is 6.53. The Morgan fingerprint density at radius 1 is 1.30 bits per heavy atom. The van der Waals surface area contributed by atoms with Gasteiger partial charge in [0.15, 0.2) is 0 Å². The van der Waals surface area contributed by atoms with Gasteiger partial charge >= 0.3 is 0 Å². The number of halogens is 1. The van der Waals surface area contributed by atoms with E-state index in [4.69, 9.17) is 16.3 Å². The summed E-state index contributed by atoms with van der Waals surface area (Å²) < 4.78 is 6.05. The number of ether oxygens (including phenoxy) is 1. The number of benzene rings is 1. The van der Waals surface area contributed by atoms with Crippen molar-refractivity contribution >= 4 is 17.3 Å². The molecule has 0 spiro atoms. The van der Waals surface area contributed by atoms with Crippen LogP contribution in [0, 0.1) is 13.8 Å². The highest BCUT2D eigenvalue weighted by atomic mass is 35.5. The Balaban J connectivity index is 2.22. The van der Waals surface area contributed by atoms with E-state index in [1.54, 1.807) is 0 Å². The zero-order valence-corrected chi connectivity index (χ0v) is 14.7. The van der Waals surface area contributed by atoms with Crippen LogP contribution in [0.4, 0.5) is 0 Å². The summed E-state index contributed by atoms with van der Waals surface area (Å²) in [5, 5.41) is 0.757. The van der Waals surface area contributed by atoms with Gasteiger partial charge in [-0.15, -0.1) is 0 Å². The molecule has 23 heavy (non-hydrogen) atoms. The summed E-state index contributed by atoms with van der Waals surface area (Å²) in [5.74, 6) is 1.13. The molecule has 0 N–H and O–H groups in total. The first kappa shape index (κ1) is 16.0. The van der Waals surface area contributed by atoms with Crippen LogP contribution in [0.1, 0.15) is 36.6 Å². The summed E-state index contributed by atoms with van der Waals surface area (Å²) in [4.78, 5) is 8.78. The van der Waals surface area contributed by atoms with Crippen molar-refractivity contribution in [1.29, 1.82) is 0 Å². The topological polar surface area (TPSA) is 34.5 Å². The first-order valence-corrected chi connectivity index (χ1v) is 8.32. The molecule has 4 heteroatoms. The minimum Gasteiger partial charge on any atom is -0.493 e. The Labute approximate surface area is 142 Å². The largest absolute Gasteiger partial charge is 0.493 e. The van der Waals surface area contributed by atoms with Gasteiger partial charge in [-0.2, -0.15) is 0 Å². The molecule has 1 atom stereocenters. The molecule has 1 aromatic heterocycles. The third kappa shape index (κ3) is 3.11. The molecule has 3 rings (SSSR count). The second kappa shape index (κ2) is 6.32. The number of aliphatic imine (C=N–C) groups is 1. The van der Waals surface area contributed by atoms with Crippen LogP contribution in [-0.2, 0) is 0 Å². The van der Waals surface area contributed by atoms with Crippen molar-refractivity contribution in [3.8, 4) is 16.9 Å². The fourth-order valence-electron chi connectivity index (χ4n) is 2.83. The summed E-state index contributed by atoms with van der Waals surface area (Å²) in [7, 11) is 0. The number of hydrogen-bond donors (Lipinski definition) is 0. The molecule has 2 aromatic rings. The molecule has 0 radical (unpaired) electrons. The van der Waals surface area contributed by atoms with Crippen LogP contribution in [0.5, 0.6) is 5.75 Å². The van der Waals surface area contributed by atoms with Gasteiger partial charge in [0.05, 0.1) is 13.2 Å². The Morgan fingerprint density at radius 2 is 2.04 bits per heavy atom. The van der Waals surface area contributed by atoms with Crippen LogP contribution >= 0.6 is 11.6 Å². The molecular formula is C19H21ClN2O. The first-order valence-electron chi connectivity index (χ1n) is 7.95. The Hall–Kier alpha value is -1.87. The number of aryl methyl sites for hydroxylation is 1. The standard InChI is InChI=1S/C19H21ClN2O/c1-5-23-19-15(12(3)17-10-22-17)8-16(20)13(4)18(19)14-7-6-11(2)21-9-14/h6-9,12H,5,10H2,1-4H3. The van der Waals surface area contributed by atoms with Gasteiger partial charge in [-0.3, -0.25) is 9.98 Å². The maximum atomic E-state index is 6.53. The van der Waals surface area contributed by atoms with Crippen molar-refractivity contribution in [3.63, 3.8) is 0 Å². The van der Waals surface area contributed by atoms with E-state index >= 15 is 0 Å². The zero-order valence-electron chi connectivity index (χ0n) is 14.0. The highest BCUT2D eigenvalue weighted by Crippen LogP contribution is 2.43. The van der Waals surface area contributed by atoms with E-state index < -0.39 is 0 Å². The highest BCUT2D eigenvalue weighted by Gasteiger charge is 2.27. The van der Waals surface area contributed by atoms with E-state index in [0.29, 0.717) is 6.61 Å². The molecule has 0 amide bonds. The predicted molar refractivity (Wildman–Crippen MR) is 96.0 cm³/mol. The lowest BCUT2D eigenvalue weighted by Gasteiger charge is -2.21. The van der Waals surface area contributed by atoms with Gasteiger partial charge < -0.3 is 4.74 Å². The Morgan fingerprint density at radius 3 is 2.61 bits per heavy atom. The predicted octanol–water partition coefficient (Wildman–Crippen LogP) is 4.98. The molecule has 3 nitrogen and oxygen atoms in total. The van der Waals surface area contributed by atoms with E-state index in [1.807, 2.05) is 39.1 Å². The average molecular weight is 329 g/mol. The van der Waals surface area contributed by atoms with E-state index in [1.165, 1.54) is 5.71 Å². The van der Waals surface area contributed by atoms with Crippen LogP contribution in [0.25, 0.3) is 11.1 Å². The number of rotatable bonds is 5. The quantitative estimate of drug-likeness (QED) is 0.776. The molecule has 1 aliphatic rings. The second-order valence-corrected chi connectivity index (χ2v) is 6.33. The van der Waals surface area contributed by atoms with Gasteiger partial charge in [-0.1, -0.05) is 24.6 Å². The lowest BCUT2D eigenvalue weighted by atomic mass is 9.90. The lowest BCUT2D eigenvalue weighted by molar-refractivity contribution is 0.337. The molecule has 2 heterocycles. The molecule has 0 saturated heterocycles. The molecule has 1 unspecified atom stereocenters. The van der Waals surface area contributed by atoms with E-state index in [9.17, 15) is 0 Å². The van der Waals surface area contributed by atoms with Crippen LogP contribution < -0.4 is 4.74 Å². The Bertz CT molecular complexity index is 766. The number of pyridine rings is 1. The van der Waals surface area contributed by atoms with Crippen molar-refractivity contribution in [2.24, 2.45) is 4.99 Å². The molecule has 0 saturated carbocycles. The minimum absolute atomic E-state index is 0.229. The summed E-state index contributed by atoms with van der Waals surface area (Å²) in [6, 6.07) is 6.12. The molecule has 1 aliphatic heterocycles. The van der Waals surface area contributed by atoms with Gasteiger partial charge in [0, 0.05) is 45.2 Å². The maximum Gasteiger partial charge on any atom is 0.131 e. The van der Waals surface area contributed by atoms with Crippen LogP contribution in [0.2, 0.25) is 5.02 Å². The first-order chi connectivity index (χ1) is 11.0. The van der Waals surface area contributed by atoms with Crippen LogP contribution in [0.3, 0.4) is 0 Å². The van der Waals surface area contributed by atoms with Gasteiger partial charge in [0.25, 0.3) is 0 Å². The summed E-state index contributed by atoms with van der Waals surface area (Å²) in [5.41, 5.74) is 6.40. The number of nitrogens with zero attached hydrogens (tertiary/aromatic N) is 2. The van der Waals surface area contributed by atoms with Crippen molar-refractivity contribution in [2.45, 2.75) is 33.6 Å². The molecule has 1 aromatic carbocycles. The fourth-order valence-corrected chi connectivity index (χ4v) is 3.04. The molecular weight excluding hydrogens is 308 g/mol. The second-order valence-electron chi connectivity index (χ2n) is 5.93. The molecule has 0 bridgehead atoms. The Kier molecular flexibility index (Phi) is 4.40. The number of hydrogen-bond acceptors (Lipinski definition) is 3. The molecule has 120 valence electrons. The third-order valence-corrected chi connectivity index (χ3v) is 4.69. The average Bonchev–Trinajstić information content (AvgIpc) is 3.37. The van der Waals surface area contributed by atoms with Gasteiger partial charge in [0.1, 0.15) is 5.75 Å². The van der Waals surface area contributed by atoms with Gasteiger partial charge in [-0.05, 0) is 38.5 Å². The van der Waals surface area contributed by atoms with Gasteiger partial charge in [0.2, 0.25) is 0 Å². The van der Waals surface area contributed by atoms with E-state index in [-0.39, 0.29) is 5.92 Å². The monoisotopic (exact) mass is 328 g/mol. The molecule has 0 fully saturated rings. The summed E-state index contributed by atoms with van der Waals surface area (Å²) in [6.45, 7) is 9.63. The normalized spacial score (nSPS) is 14.4. The third-order valence-electron chi connectivity index (χ3n) is 4.30. The van der Waals surface area contributed by atoms with E-state index in [2.05, 4.69) is 23.0 Å². The minimum atomic E-state index is 0.229. The SMILES string of the molecule is CCOc1c(C(C)C2=NC2)cc(Cl)c(C)c1-c1ccc(C)nc1. The highest BCUT2D eigenvalue weighted by molar-refractivity contribution is 6.32. The smallest absolute Gasteiger partial charge is 0.131 e. The summed E-state index contributed by atoms with van der Waals surface area (Å²) in [6.07, 6.45) is 1.89. The zero-order chi connectivity index (χ0) is 16.6. The van der Waals surface area contributed by atoms with Crippen molar-refractivity contribution in [1.82, 2.24) is 4.98 Å². The lowest BCUT2D eigenvalue weighted by Crippen LogP contribution is -2.07. The number of aromatic nitrogens is 1. The van der Waals surface area contributed by atoms with Gasteiger partial charge in [-0.25, -0.2) is 0 Å². The molecule has 0 aliphatic carbocycles. The van der Waals surface area contributed by atoms with Crippen LogP contribution in [-0.4, -0.2) is 23.8 Å². The van der Waals surface area contributed by atoms with Crippen molar-refractivity contribution in [2.75, 3.05) is 13.2 Å². The van der Waals surface area contributed by atoms with Crippen LogP contribution in [0.15, 0.2) is 29.4 Å².